The maximum atomic E-state index is 12.8. The van der Waals surface area contributed by atoms with Gasteiger partial charge in [-0.15, -0.1) is 0 Å². The standard InChI is InChI=1S/C16H31N3O/c1-18(2)12-15-7-4-10-19(15)16(20)14-6-3-5-13(11-14)8-9-17/h13-15H,3-12,17H2,1-2H3. The number of likely N-dealkylation sites (tertiary alicyclic amines) is 1. The molecule has 1 aliphatic heterocycles. The predicted molar refractivity (Wildman–Crippen MR) is 82.4 cm³/mol. The second-order valence-electron chi connectivity index (χ2n) is 6.90. The fourth-order valence-electron chi connectivity index (χ4n) is 3.98. The molecule has 1 heterocycles. The molecule has 3 unspecified atom stereocenters. The van der Waals surface area contributed by atoms with E-state index in [1.165, 1.54) is 25.7 Å². The Morgan fingerprint density at radius 2 is 2.05 bits per heavy atom. The van der Waals surface area contributed by atoms with Crippen LogP contribution in [0.25, 0.3) is 0 Å². The van der Waals surface area contributed by atoms with E-state index in [9.17, 15) is 4.79 Å². The molecule has 2 rings (SSSR count). The van der Waals surface area contributed by atoms with E-state index >= 15 is 0 Å². The molecular weight excluding hydrogens is 250 g/mol. The molecule has 0 spiro atoms. The summed E-state index contributed by atoms with van der Waals surface area (Å²) in [6, 6.07) is 0.437. The summed E-state index contributed by atoms with van der Waals surface area (Å²) in [4.78, 5) is 17.2. The van der Waals surface area contributed by atoms with Gasteiger partial charge in [0, 0.05) is 25.0 Å². The fourth-order valence-corrected chi connectivity index (χ4v) is 3.98. The van der Waals surface area contributed by atoms with Gasteiger partial charge in [0.2, 0.25) is 5.91 Å². The molecule has 1 saturated heterocycles. The van der Waals surface area contributed by atoms with Crippen LogP contribution in [-0.2, 0) is 4.79 Å². The number of carbonyl (C=O) groups excluding carboxylic acids is 1. The van der Waals surface area contributed by atoms with Gasteiger partial charge < -0.3 is 15.5 Å². The monoisotopic (exact) mass is 281 g/mol. The normalized spacial score (nSPS) is 31.0. The molecule has 1 aliphatic carbocycles. The molecule has 2 aliphatic rings. The van der Waals surface area contributed by atoms with E-state index < -0.39 is 0 Å². The molecule has 1 amide bonds. The number of likely N-dealkylation sites (N-methyl/N-ethyl adjacent to an activating group) is 1. The smallest absolute Gasteiger partial charge is 0.225 e. The lowest BCUT2D eigenvalue weighted by Crippen LogP contribution is -2.45. The Hall–Kier alpha value is -0.610. The van der Waals surface area contributed by atoms with Crippen LogP contribution in [-0.4, -0.2) is 55.5 Å². The molecule has 4 nitrogen and oxygen atoms in total. The molecule has 0 aromatic heterocycles. The molecule has 0 bridgehead atoms. The third kappa shape index (κ3) is 3.95. The first-order valence-electron chi connectivity index (χ1n) is 8.27. The van der Waals surface area contributed by atoms with Gasteiger partial charge in [-0.2, -0.15) is 0 Å². The van der Waals surface area contributed by atoms with Gasteiger partial charge in [-0.3, -0.25) is 4.79 Å². The molecule has 0 aromatic rings. The summed E-state index contributed by atoms with van der Waals surface area (Å²) in [6.07, 6.45) is 8.05. The van der Waals surface area contributed by atoms with Gasteiger partial charge in [0.15, 0.2) is 0 Å². The Morgan fingerprint density at radius 3 is 2.75 bits per heavy atom. The van der Waals surface area contributed by atoms with Crippen molar-refractivity contribution < 1.29 is 4.79 Å². The quantitative estimate of drug-likeness (QED) is 0.834. The first-order chi connectivity index (χ1) is 9.61. The predicted octanol–water partition coefficient (Wildman–Crippen LogP) is 1.69. The summed E-state index contributed by atoms with van der Waals surface area (Å²) < 4.78 is 0. The third-order valence-corrected chi connectivity index (χ3v) is 4.94. The number of amides is 1. The third-order valence-electron chi connectivity index (χ3n) is 4.94. The van der Waals surface area contributed by atoms with Gasteiger partial charge in [-0.05, 0) is 58.7 Å². The van der Waals surface area contributed by atoms with Crippen LogP contribution in [0.15, 0.2) is 0 Å². The number of carbonyl (C=O) groups is 1. The van der Waals surface area contributed by atoms with Crippen molar-refractivity contribution in [2.45, 2.75) is 51.0 Å². The highest BCUT2D eigenvalue weighted by molar-refractivity contribution is 5.79. The van der Waals surface area contributed by atoms with Crippen molar-refractivity contribution in [3.8, 4) is 0 Å². The van der Waals surface area contributed by atoms with E-state index in [0.717, 1.165) is 38.9 Å². The van der Waals surface area contributed by atoms with Crippen LogP contribution >= 0.6 is 0 Å². The first kappa shape index (κ1) is 15.8. The molecule has 116 valence electrons. The van der Waals surface area contributed by atoms with Crippen LogP contribution in [0.1, 0.15) is 44.9 Å². The Bertz CT molecular complexity index is 317. The van der Waals surface area contributed by atoms with Crippen molar-refractivity contribution in [1.29, 1.82) is 0 Å². The van der Waals surface area contributed by atoms with Gasteiger partial charge >= 0.3 is 0 Å². The van der Waals surface area contributed by atoms with E-state index in [1.807, 2.05) is 0 Å². The molecular formula is C16H31N3O. The Labute approximate surface area is 123 Å². The summed E-state index contributed by atoms with van der Waals surface area (Å²) in [7, 11) is 4.19. The van der Waals surface area contributed by atoms with Gasteiger partial charge in [0.05, 0.1) is 0 Å². The van der Waals surface area contributed by atoms with Gasteiger partial charge in [0.1, 0.15) is 0 Å². The van der Waals surface area contributed by atoms with Crippen LogP contribution in [0.2, 0.25) is 0 Å². The number of hydrogen-bond donors (Lipinski definition) is 1. The SMILES string of the molecule is CN(C)CC1CCCN1C(=O)C1CCCC(CCN)C1. The van der Waals surface area contributed by atoms with Gasteiger partial charge in [-0.25, -0.2) is 0 Å². The molecule has 4 heteroatoms. The number of hydrogen-bond acceptors (Lipinski definition) is 3. The minimum Gasteiger partial charge on any atom is -0.338 e. The van der Waals surface area contributed by atoms with Crippen LogP contribution in [0, 0.1) is 11.8 Å². The molecule has 0 radical (unpaired) electrons. The fraction of sp³-hybridized carbons (Fsp3) is 0.938. The van der Waals surface area contributed by atoms with Crippen molar-refractivity contribution in [2.75, 3.05) is 33.7 Å². The molecule has 2 N–H and O–H groups in total. The molecule has 2 fully saturated rings. The largest absolute Gasteiger partial charge is 0.338 e. The second kappa shape index (κ2) is 7.41. The van der Waals surface area contributed by atoms with E-state index in [0.29, 0.717) is 17.9 Å². The van der Waals surface area contributed by atoms with Crippen LogP contribution < -0.4 is 5.73 Å². The van der Waals surface area contributed by atoms with E-state index in [-0.39, 0.29) is 5.92 Å². The van der Waals surface area contributed by atoms with E-state index in [2.05, 4.69) is 23.9 Å². The maximum Gasteiger partial charge on any atom is 0.225 e. The van der Waals surface area contributed by atoms with Crippen LogP contribution in [0.3, 0.4) is 0 Å². The van der Waals surface area contributed by atoms with Crippen molar-refractivity contribution >= 4 is 5.91 Å². The number of nitrogens with zero attached hydrogens (tertiary/aromatic N) is 2. The zero-order valence-corrected chi connectivity index (χ0v) is 13.2. The van der Waals surface area contributed by atoms with Crippen molar-refractivity contribution in [1.82, 2.24) is 9.80 Å². The van der Waals surface area contributed by atoms with Crippen LogP contribution in [0.4, 0.5) is 0 Å². The van der Waals surface area contributed by atoms with Gasteiger partial charge in [0.25, 0.3) is 0 Å². The summed E-state index contributed by atoms with van der Waals surface area (Å²) in [5, 5.41) is 0. The lowest BCUT2D eigenvalue weighted by molar-refractivity contribution is -0.138. The van der Waals surface area contributed by atoms with Crippen LogP contribution in [0.5, 0.6) is 0 Å². The van der Waals surface area contributed by atoms with E-state index in [1.54, 1.807) is 0 Å². The number of nitrogens with two attached hydrogens (primary N) is 1. The minimum absolute atomic E-state index is 0.267. The van der Waals surface area contributed by atoms with Gasteiger partial charge in [-0.1, -0.05) is 12.8 Å². The molecule has 0 aromatic carbocycles. The highest BCUT2D eigenvalue weighted by atomic mass is 16.2. The highest BCUT2D eigenvalue weighted by Gasteiger charge is 2.35. The zero-order chi connectivity index (χ0) is 14.5. The second-order valence-corrected chi connectivity index (χ2v) is 6.90. The molecule has 1 saturated carbocycles. The van der Waals surface area contributed by atoms with Crippen molar-refractivity contribution in [3.05, 3.63) is 0 Å². The summed E-state index contributed by atoms with van der Waals surface area (Å²) >= 11 is 0. The lowest BCUT2D eigenvalue weighted by Gasteiger charge is -2.34. The minimum atomic E-state index is 0.267. The Morgan fingerprint density at radius 1 is 1.25 bits per heavy atom. The summed E-state index contributed by atoms with van der Waals surface area (Å²) in [5.41, 5.74) is 5.68. The summed E-state index contributed by atoms with van der Waals surface area (Å²) in [6.45, 7) is 2.73. The molecule has 3 atom stereocenters. The maximum absolute atomic E-state index is 12.8. The van der Waals surface area contributed by atoms with Crippen molar-refractivity contribution in [3.63, 3.8) is 0 Å². The first-order valence-corrected chi connectivity index (χ1v) is 8.27. The van der Waals surface area contributed by atoms with Crippen molar-refractivity contribution in [2.24, 2.45) is 17.6 Å². The molecule has 20 heavy (non-hydrogen) atoms. The van der Waals surface area contributed by atoms with E-state index in [4.69, 9.17) is 5.73 Å². The topological polar surface area (TPSA) is 49.6 Å². The number of rotatable bonds is 5. The summed E-state index contributed by atoms with van der Waals surface area (Å²) in [5.74, 6) is 1.37. The zero-order valence-electron chi connectivity index (χ0n) is 13.2. The average molecular weight is 281 g/mol. The Balaban J connectivity index is 1.92. The lowest BCUT2D eigenvalue weighted by atomic mass is 9.79. The highest BCUT2D eigenvalue weighted by Crippen LogP contribution is 2.33. The Kier molecular flexibility index (Phi) is 5.85. The average Bonchev–Trinajstić information content (AvgIpc) is 2.86.